The first kappa shape index (κ1) is 22.1. The van der Waals surface area contributed by atoms with Crippen LogP contribution in [0.25, 0.3) is 0 Å². The average molecular weight is 508 g/mol. The van der Waals surface area contributed by atoms with E-state index in [-0.39, 0.29) is 22.7 Å². The number of hydrogen-bond acceptors (Lipinski definition) is 3. The van der Waals surface area contributed by atoms with Crippen molar-refractivity contribution >= 4 is 37.8 Å². The zero-order valence-electron chi connectivity index (χ0n) is 17.5. The molecule has 3 fully saturated rings. The van der Waals surface area contributed by atoms with E-state index in [0.717, 1.165) is 51.4 Å². The summed E-state index contributed by atoms with van der Waals surface area (Å²) in [4.78, 5) is 12.9. The largest absolute Gasteiger partial charge is 0.459 e. The Labute approximate surface area is 181 Å². The molecule has 5 heteroatoms. The monoisotopic (exact) mass is 506 g/mol. The molecule has 0 aliphatic heterocycles. The van der Waals surface area contributed by atoms with Crippen LogP contribution >= 0.6 is 31.9 Å². The predicted octanol–water partition coefficient (Wildman–Crippen LogP) is 5.99. The molecule has 3 saturated carbocycles. The standard InChI is InChI=1S/C22H36Br2O3/c1-14(25)27-22(11-8-16(23)19(2,3)13-22)12-15-6-9-20(4)17(24)7-10-21(5,26)18(15)20/h15-18,26H,6-13H2,1-5H3/t15-,16-,17-,18-,20+,21+,22-/m0/s1. The maximum atomic E-state index is 12.0. The molecule has 1 N–H and O–H groups in total. The molecule has 3 nitrogen and oxygen atoms in total. The first-order chi connectivity index (χ1) is 12.3. The number of rotatable bonds is 3. The number of carbonyl (C=O) groups excluding carboxylic acids is 1. The van der Waals surface area contributed by atoms with Crippen LogP contribution in [0.15, 0.2) is 0 Å². The van der Waals surface area contributed by atoms with Gasteiger partial charge in [-0.15, -0.1) is 0 Å². The highest BCUT2D eigenvalue weighted by Crippen LogP contribution is 2.62. The lowest BCUT2D eigenvalue weighted by Crippen LogP contribution is -2.54. The van der Waals surface area contributed by atoms with E-state index in [1.165, 1.54) is 0 Å². The van der Waals surface area contributed by atoms with Gasteiger partial charge in [-0.3, -0.25) is 4.79 Å². The van der Waals surface area contributed by atoms with Gasteiger partial charge in [0.2, 0.25) is 0 Å². The third-order valence-electron chi connectivity index (χ3n) is 8.00. The van der Waals surface area contributed by atoms with E-state index in [4.69, 9.17) is 4.74 Å². The summed E-state index contributed by atoms with van der Waals surface area (Å²) in [5, 5.41) is 11.3. The molecule has 0 bridgehead atoms. The van der Waals surface area contributed by atoms with Gasteiger partial charge in [0.05, 0.1) is 5.60 Å². The smallest absolute Gasteiger partial charge is 0.303 e. The molecule has 27 heavy (non-hydrogen) atoms. The van der Waals surface area contributed by atoms with Gasteiger partial charge in [0.15, 0.2) is 0 Å². The molecule has 0 unspecified atom stereocenters. The Bertz CT molecular complexity index is 590. The number of alkyl halides is 2. The summed E-state index contributed by atoms with van der Waals surface area (Å²) >= 11 is 7.78. The Hall–Kier alpha value is 0.390. The van der Waals surface area contributed by atoms with Crippen molar-refractivity contribution in [2.24, 2.45) is 22.7 Å². The number of carbonyl (C=O) groups is 1. The molecule has 156 valence electrons. The van der Waals surface area contributed by atoms with Crippen molar-refractivity contribution < 1.29 is 14.6 Å². The van der Waals surface area contributed by atoms with Crippen molar-refractivity contribution in [3.8, 4) is 0 Å². The summed E-state index contributed by atoms with van der Waals surface area (Å²) < 4.78 is 6.08. The highest BCUT2D eigenvalue weighted by atomic mass is 79.9. The van der Waals surface area contributed by atoms with Gasteiger partial charge in [-0.2, -0.15) is 0 Å². The maximum absolute atomic E-state index is 12.0. The van der Waals surface area contributed by atoms with E-state index in [1.54, 1.807) is 6.92 Å². The first-order valence-electron chi connectivity index (χ1n) is 10.5. The van der Waals surface area contributed by atoms with Crippen molar-refractivity contribution in [1.82, 2.24) is 0 Å². The van der Waals surface area contributed by atoms with E-state index < -0.39 is 11.2 Å². The SMILES string of the molecule is CC(=O)O[C@]1(C[C@@H]2CC[C@]3(C)[C@@H](Br)CC[C@@](C)(O)[C@@H]23)CC[C@H](Br)C(C)(C)C1. The molecule has 0 aromatic carbocycles. The molecule has 3 aliphatic rings. The quantitative estimate of drug-likeness (QED) is 0.376. The van der Waals surface area contributed by atoms with Crippen LogP contribution in [-0.4, -0.2) is 31.9 Å². The van der Waals surface area contributed by atoms with Crippen LogP contribution in [0.5, 0.6) is 0 Å². The zero-order valence-corrected chi connectivity index (χ0v) is 20.7. The molecule has 0 spiro atoms. The van der Waals surface area contributed by atoms with Crippen LogP contribution in [0.1, 0.15) is 86.0 Å². The fourth-order valence-electron chi connectivity index (χ4n) is 6.95. The lowest BCUT2D eigenvalue weighted by molar-refractivity contribution is -0.171. The summed E-state index contributed by atoms with van der Waals surface area (Å²) in [6, 6.07) is 0. The molecule has 7 atom stereocenters. The molecule has 0 saturated heterocycles. The summed E-state index contributed by atoms with van der Waals surface area (Å²) in [5.74, 6) is 0.473. The second-order valence-electron chi connectivity index (χ2n) is 10.8. The lowest BCUT2D eigenvalue weighted by atomic mass is 9.58. The zero-order chi connectivity index (χ0) is 20.3. The molecule has 0 aromatic heterocycles. The molecule has 0 radical (unpaired) electrons. The number of ether oxygens (including phenoxy) is 1. The normalized spacial score (nSPS) is 49.5. The van der Waals surface area contributed by atoms with Crippen molar-refractivity contribution in [3.05, 3.63) is 0 Å². The van der Waals surface area contributed by atoms with Gasteiger partial charge in [0.1, 0.15) is 5.60 Å². The van der Waals surface area contributed by atoms with Gasteiger partial charge in [0, 0.05) is 16.6 Å². The van der Waals surface area contributed by atoms with Gasteiger partial charge >= 0.3 is 5.97 Å². The van der Waals surface area contributed by atoms with Crippen LogP contribution in [0.4, 0.5) is 0 Å². The number of aliphatic hydroxyl groups is 1. The molecule has 3 rings (SSSR count). The fourth-order valence-corrected chi connectivity index (χ4v) is 8.08. The third-order valence-corrected chi connectivity index (χ3v) is 11.2. The summed E-state index contributed by atoms with van der Waals surface area (Å²) in [6.45, 7) is 10.5. The number of hydrogen-bond donors (Lipinski definition) is 1. The van der Waals surface area contributed by atoms with Gasteiger partial charge in [-0.05, 0) is 81.0 Å². The Morgan fingerprint density at radius 3 is 2.26 bits per heavy atom. The van der Waals surface area contributed by atoms with Crippen LogP contribution in [0.3, 0.4) is 0 Å². The van der Waals surface area contributed by atoms with Crippen molar-refractivity contribution in [2.75, 3.05) is 0 Å². The molecule has 0 heterocycles. The molecular weight excluding hydrogens is 472 g/mol. The van der Waals surface area contributed by atoms with Crippen LogP contribution in [0.2, 0.25) is 0 Å². The number of halogens is 2. The Balaban J connectivity index is 1.89. The third kappa shape index (κ3) is 4.03. The van der Waals surface area contributed by atoms with Gasteiger partial charge in [0.25, 0.3) is 0 Å². The van der Waals surface area contributed by atoms with Crippen LogP contribution in [-0.2, 0) is 9.53 Å². The molecule has 0 amide bonds. The minimum absolute atomic E-state index is 0.0860. The minimum Gasteiger partial charge on any atom is -0.459 e. The lowest BCUT2D eigenvalue weighted by Gasteiger charge is -2.53. The second-order valence-corrected chi connectivity index (χ2v) is 13.0. The van der Waals surface area contributed by atoms with Crippen molar-refractivity contribution in [1.29, 1.82) is 0 Å². The van der Waals surface area contributed by atoms with E-state index >= 15 is 0 Å². The average Bonchev–Trinajstić information content (AvgIpc) is 2.86. The summed E-state index contributed by atoms with van der Waals surface area (Å²) in [5.41, 5.74) is -0.834. The van der Waals surface area contributed by atoms with E-state index in [1.807, 2.05) is 6.92 Å². The summed E-state index contributed by atoms with van der Waals surface area (Å²) in [7, 11) is 0. The molecular formula is C22H36Br2O3. The Morgan fingerprint density at radius 1 is 1.04 bits per heavy atom. The molecule has 3 aliphatic carbocycles. The number of fused-ring (bicyclic) bond motifs is 1. The highest BCUT2D eigenvalue weighted by Gasteiger charge is 2.60. The first-order valence-corrected chi connectivity index (χ1v) is 12.3. The van der Waals surface area contributed by atoms with E-state index in [0.29, 0.717) is 15.6 Å². The minimum atomic E-state index is -0.639. The summed E-state index contributed by atoms with van der Waals surface area (Å²) in [6.07, 6.45) is 7.81. The Kier molecular flexibility index (Phi) is 5.94. The van der Waals surface area contributed by atoms with Crippen LogP contribution in [0, 0.1) is 22.7 Å². The second kappa shape index (κ2) is 7.27. The highest BCUT2D eigenvalue weighted by molar-refractivity contribution is 9.09. The predicted molar refractivity (Wildman–Crippen MR) is 116 cm³/mol. The van der Waals surface area contributed by atoms with Gasteiger partial charge in [-0.25, -0.2) is 0 Å². The molecule has 0 aromatic rings. The van der Waals surface area contributed by atoms with Gasteiger partial charge < -0.3 is 9.84 Å². The number of esters is 1. The van der Waals surface area contributed by atoms with E-state index in [2.05, 4.69) is 52.6 Å². The van der Waals surface area contributed by atoms with Crippen LogP contribution < -0.4 is 0 Å². The topological polar surface area (TPSA) is 46.5 Å². The maximum Gasteiger partial charge on any atom is 0.303 e. The van der Waals surface area contributed by atoms with Crippen molar-refractivity contribution in [3.63, 3.8) is 0 Å². The fraction of sp³-hybridized carbons (Fsp3) is 0.955. The van der Waals surface area contributed by atoms with Gasteiger partial charge in [-0.1, -0.05) is 52.6 Å². The van der Waals surface area contributed by atoms with E-state index in [9.17, 15) is 9.90 Å². The Morgan fingerprint density at radius 2 is 1.67 bits per heavy atom. The van der Waals surface area contributed by atoms with Crippen molar-refractivity contribution in [2.45, 2.75) is 107 Å².